The van der Waals surface area contributed by atoms with Crippen LogP contribution in [0.2, 0.25) is 0 Å². The fourth-order valence-electron chi connectivity index (χ4n) is 1.45. The molecule has 1 heterocycles. The number of nitrogens with one attached hydrogen (secondary N) is 1. The summed E-state index contributed by atoms with van der Waals surface area (Å²) in [5, 5.41) is 11.4. The number of pyridine rings is 1. The van der Waals surface area contributed by atoms with Gasteiger partial charge in [0.05, 0.1) is 5.92 Å². The van der Waals surface area contributed by atoms with Crippen LogP contribution in [0.4, 0.5) is 5.82 Å². The third-order valence-electron chi connectivity index (χ3n) is 2.49. The summed E-state index contributed by atoms with van der Waals surface area (Å²) in [5.41, 5.74) is 0. The second-order valence-electron chi connectivity index (χ2n) is 3.75. The van der Waals surface area contributed by atoms with Crippen LogP contribution in [0.5, 0.6) is 0 Å². The van der Waals surface area contributed by atoms with Crippen molar-refractivity contribution in [2.24, 2.45) is 5.92 Å². The third kappa shape index (κ3) is 4.63. The van der Waals surface area contributed by atoms with Gasteiger partial charge >= 0.3 is 5.97 Å². The number of anilines is 1. The summed E-state index contributed by atoms with van der Waals surface area (Å²) in [6, 6.07) is 5.22. The quantitative estimate of drug-likeness (QED) is 0.790. The van der Waals surface area contributed by atoms with E-state index in [1.165, 1.54) is 0 Å². The smallest absolute Gasteiger partial charge is 0.306 e. The van der Waals surface area contributed by atoms with Crippen LogP contribution >= 0.6 is 0 Å². The van der Waals surface area contributed by atoms with E-state index in [2.05, 4.69) is 10.3 Å². The van der Waals surface area contributed by atoms with Crippen molar-refractivity contribution in [3.05, 3.63) is 24.4 Å². The van der Waals surface area contributed by atoms with Crippen LogP contribution in [0.3, 0.4) is 0 Å². The summed E-state index contributed by atoms with van der Waals surface area (Å²) in [5.74, 6) is -1.02. The number of nitrogens with zero attached hydrogens (tertiary/aromatic N) is 1. The number of rotatable bonds is 6. The molecule has 1 aromatic rings. The molecule has 0 saturated heterocycles. The van der Waals surface area contributed by atoms with Gasteiger partial charge in [0.2, 0.25) is 5.91 Å². The van der Waals surface area contributed by atoms with Crippen molar-refractivity contribution >= 4 is 17.7 Å². The Hall–Kier alpha value is -1.91. The summed E-state index contributed by atoms with van der Waals surface area (Å²) in [7, 11) is 0. The van der Waals surface area contributed by atoms with Crippen LogP contribution in [-0.2, 0) is 9.59 Å². The Labute approximate surface area is 99.9 Å². The van der Waals surface area contributed by atoms with E-state index in [0.717, 1.165) is 0 Å². The van der Waals surface area contributed by atoms with Gasteiger partial charge in [-0.3, -0.25) is 9.59 Å². The fourth-order valence-corrected chi connectivity index (χ4v) is 1.45. The zero-order valence-corrected chi connectivity index (χ0v) is 9.72. The number of carbonyl (C=O) groups is 2. The van der Waals surface area contributed by atoms with Gasteiger partial charge in [0, 0.05) is 12.6 Å². The standard InChI is InChI=1S/C12H16N2O3/c1-2-9(12(16)17)6-7-11(15)14-10-5-3-4-8-13-10/h3-5,8-9H,2,6-7H2,1H3,(H,16,17)(H,13,14,15). The van der Waals surface area contributed by atoms with Gasteiger partial charge in [-0.15, -0.1) is 0 Å². The number of carboxylic acid groups (broad SMARTS) is 1. The molecule has 0 bridgehead atoms. The van der Waals surface area contributed by atoms with Crippen molar-refractivity contribution < 1.29 is 14.7 Å². The Morgan fingerprint density at radius 2 is 2.24 bits per heavy atom. The fraction of sp³-hybridized carbons (Fsp3) is 0.417. The molecule has 5 heteroatoms. The molecular formula is C12H16N2O3. The maximum atomic E-state index is 11.5. The molecule has 1 amide bonds. The Bertz CT molecular complexity index is 379. The first-order chi connectivity index (χ1) is 8.13. The van der Waals surface area contributed by atoms with E-state index in [9.17, 15) is 9.59 Å². The molecule has 92 valence electrons. The van der Waals surface area contributed by atoms with Crippen LogP contribution in [0.1, 0.15) is 26.2 Å². The Balaban J connectivity index is 2.38. The first-order valence-electron chi connectivity index (χ1n) is 5.57. The average Bonchev–Trinajstić information content (AvgIpc) is 2.30. The lowest BCUT2D eigenvalue weighted by Gasteiger charge is -2.09. The molecule has 1 rings (SSSR count). The number of hydrogen-bond donors (Lipinski definition) is 2. The number of carboxylic acids is 1. The summed E-state index contributed by atoms with van der Waals surface area (Å²) in [4.78, 5) is 26.2. The number of hydrogen-bond acceptors (Lipinski definition) is 3. The monoisotopic (exact) mass is 236 g/mol. The van der Waals surface area contributed by atoms with E-state index < -0.39 is 11.9 Å². The highest BCUT2D eigenvalue weighted by molar-refractivity contribution is 5.89. The van der Waals surface area contributed by atoms with E-state index in [1.807, 2.05) is 0 Å². The topological polar surface area (TPSA) is 79.3 Å². The molecule has 0 radical (unpaired) electrons. The van der Waals surface area contributed by atoms with E-state index >= 15 is 0 Å². The zero-order valence-electron chi connectivity index (χ0n) is 9.72. The van der Waals surface area contributed by atoms with Crippen molar-refractivity contribution in [1.29, 1.82) is 0 Å². The molecule has 0 fully saturated rings. The lowest BCUT2D eigenvalue weighted by molar-refractivity contribution is -0.142. The predicted octanol–water partition coefficient (Wildman–Crippen LogP) is 1.91. The summed E-state index contributed by atoms with van der Waals surface area (Å²) in [6.07, 6.45) is 2.67. The number of aromatic nitrogens is 1. The second-order valence-corrected chi connectivity index (χ2v) is 3.75. The minimum Gasteiger partial charge on any atom is -0.481 e. The number of aliphatic carboxylic acids is 1. The molecule has 0 aliphatic carbocycles. The zero-order chi connectivity index (χ0) is 12.7. The minimum atomic E-state index is -0.849. The first-order valence-corrected chi connectivity index (χ1v) is 5.57. The Morgan fingerprint density at radius 1 is 1.47 bits per heavy atom. The van der Waals surface area contributed by atoms with Gasteiger partial charge in [0.15, 0.2) is 0 Å². The molecule has 0 spiro atoms. The van der Waals surface area contributed by atoms with Crippen LogP contribution in [0, 0.1) is 5.92 Å². The van der Waals surface area contributed by atoms with E-state index in [0.29, 0.717) is 18.7 Å². The lowest BCUT2D eigenvalue weighted by atomic mass is 10.0. The SMILES string of the molecule is CCC(CCC(=O)Nc1ccccn1)C(=O)O. The molecule has 0 aromatic carbocycles. The molecule has 1 atom stereocenters. The molecular weight excluding hydrogens is 220 g/mol. The third-order valence-corrected chi connectivity index (χ3v) is 2.49. The summed E-state index contributed by atoms with van der Waals surface area (Å²) >= 11 is 0. The highest BCUT2D eigenvalue weighted by Crippen LogP contribution is 2.12. The molecule has 1 unspecified atom stereocenters. The molecule has 17 heavy (non-hydrogen) atoms. The predicted molar refractivity (Wildman–Crippen MR) is 63.5 cm³/mol. The number of amides is 1. The van der Waals surface area contributed by atoms with Gasteiger partial charge in [-0.25, -0.2) is 4.98 Å². The van der Waals surface area contributed by atoms with E-state index in [1.54, 1.807) is 31.3 Å². The van der Waals surface area contributed by atoms with Crippen LogP contribution < -0.4 is 5.32 Å². The van der Waals surface area contributed by atoms with Crippen molar-refractivity contribution in [2.75, 3.05) is 5.32 Å². The van der Waals surface area contributed by atoms with Crippen LogP contribution in [-0.4, -0.2) is 22.0 Å². The number of carbonyl (C=O) groups excluding carboxylic acids is 1. The first kappa shape index (κ1) is 13.2. The van der Waals surface area contributed by atoms with Crippen molar-refractivity contribution in [3.63, 3.8) is 0 Å². The van der Waals surface area contributed by atoms with Gasteiger partial charge in [0.25, 0.3) is 0 Å². The lowest BCUT2D eigenvalue weighted by Crippen LogP contribution is -2.18. The van der Waals surface area contributed by atoms with Gasteiger partial charge < -0.3 is 10.4 Å². The van der Waals surface area contributed by atoms with Crippen molar-refractivity contribution in [1.82, 2.24) is 4.98 Å². The molecule has 2 N–H and O–H groups in total. The molecule has 0 aliphatic heterocycles. The van der Waals surface area contributed by atoms with Gasteiger partial charge in [0.1, 0.15) is 5.82 Å². The van der Waals surface area contributed by atoms with Gasteiger partial charge in [-0.1, -0.05) is 13.0 Å². The van der Waals surface area contributed by atoms with Gasteiger partial charge in [-0.05, 0) is 25.0 Å². The normalized spacial score (nSPS) is 11.8. The molecule has 1 aromatic heterocycles. The highest BCUT2D eigenvalue weighted by Gasteiger charge is 2.16. The van der Waals surface area contributed by atoms with Crippen LogP contribution in [0.25, 0.3) is 0 Å². The highest BCUT2D eigenvalue weighted by atomic mass is 16.4. The molecule has 0 aliphatic rings. The molecule has 0 saturated carbocycles. The van der Waals surface area contributed by atoms with Crippen LogP contribution in [0.15, 0.2) is 24.4 Å². The summed E-state index contributed by atoms with van der Waals surface area (Å²) < 4.78 is 0. The van der Waals surface area contributed by atoms with Gasteiger partial charge in [-0.2, -0.15) is 0 Å². The Morgan fingerprint density at radius 3 is 2.76 bits per heavy atom. The second kappa shape index (κ2) is 6.62. The van der Waals surface area contributed by atoms with E-state index in [4.69, 9.17) is 5.11 Å². The van der Waals surface area contributed by atoms with E-state index in [-0.39, 0.29) is 12.3 Å². The maximum Gasteiger partial charge on any atom is 0.306 e. The largest absolute Gasteiger partial charge is 0.481 e. The average molecular weight is 236 g/mol. The minimum absolute atomic E-state index is 0.196. The maximum absolute atomic E-state index is 11.5. The van der Waals surface area contributed by atoms with Crippen molar-refractivity contribution in [3.8, 4) is 0 Å². The Kier molecular flexibility index (Phi) is 5.13. The molecule has 5 nitrogen and oxygen atoms in total. The van der Waals surface area contributed by atoms with Crippen molar-refractivity contribution in [2.45, 2.75) is 26.2 Å². The summed E-state index contributed by atoms with van der Waals surface area (Å²) in [6.45, 7) is 1.80.